The molecular weight excluding hydrogens is 316 g/mol. The summed E-state index contributed by atoms with van der Waals surface area (Å²) in [5.41, 5.74) is 1.01. The normalized spacial score (nSPS) is 14.4. The van der Waals surface area contributed by atoms with Crippen molar-refractivity contribution >= 4 is 17.4 Å². The SMILES string of the molecule is CC(C)Oc1ccc(NC(=O)c2ccc(N3CCCCC3)nn2)cc1. The van der Waals surface area contributed by atoms with Crippen LogP contribution in [0.2, 0.25) is 0 Å². The molecule has 1 saturated heterocycles. The molecule has 2 heterocycles. The number of carbonyl (C=O) groups excluding carboxylic acids is 1. The highest BCUT2D eigenvalue weighted by atomic mass is 16.5. The number of hydrogen-bond acceptors (Lipinski definition) is 5. The van der Waals surface area contributed by atoms with Crippen molar-refractivity contribution in [3.8, 4) is 5.75 Å². The smallest absolute Gasteiger partial charge is 0.276 e. The summed E-state index contributed by atoms with van der Waals surface area (Å²) in [7, 11) is 0. The Hall–Kier alpha value is -2.63. The highest BCUT2D eigenvalue weighted by Crippen LogP contribution is 2.19. The van der Waals surface area contributed by atoms with Crippen LogP contribution in [0.15, 0.2) is 36.4 Å². The minimum Gasteiger partial charge on any atom is -0.491 e. The lowest BCUT2D eigenvalue weighted by atomic mass is 10.1. The van der Waals surface area contributed by atoms with E-state index in [-0.39, 0.29) is 12.0 Å². The van der Waals surface area contributed by atoms with E-state index in [1.165, 1.54) is 19.3 Å². The monoisotopic (exact) mass is 340 g/mol. The summed E-state index contributed by atoms with van der Waals surface area (Å²) in [6.07, 6.45) is 3.75. The van der Waals surface area contributed by atoms with Crippen molar-refractivity contribution in [2.45, 2.75) is 39.2 Å². The fraction of sp³-hybridized carbons (Fsp3) is 0.421. The van der Waals surface area contributed by atoms with E-state index >= 15 is 0 Å². The van der Waals surface area contributed by atoms with Gasteiger partial charge in [0.25, 0.3) is 5.91 Å². The first kappa shape index (κ1) is 17.2. The van der Waals surface area contributed by atoms with Crippen molar-refractivity contribution in [1.82, 2.24) is 10.2 Å². The molecule has 6 nitrogen and oxygen atoms in total. The molecule has 25 heavy (non-hydrogen) atoms. The molecule has 132 valence electrons. The van der Waals surface area contributed by atoms with Crippen LogP contribution in [0.1, 0.15) is 43.6 Å². The zero-order valence-corrected chi connectivity index (χ0v) is 14.7. The number of aromatic nitrogens is 2. The minimum atomic E-state index is -0.268. The van der Waals surface area contributed by atoms with Crippen LogP contribution in [-0.4, -0.2) is 35.3 Å². The number of ether oxygens (including phenoxy) is 1. The molecule has 1 aromatic heterocycles. The topological polar surface area (TPSA) is 67.3 Å². The van der Waals surface area contributed by atoms with Gasteiger partial charge >= 0.3 is 0 Å². The zero-order valence-electron chi connectivity index (χ0n) is 14.7. The molecule has 0 spiro atoms. The van der Waals surface area contributed by atoms with Gasteiger partial charge in [-0.3, -0.25) is 4.79 Å². The Morgan fingerprint density at radius 2 is 1.76 bits per heavy atom. The Morgan fingerprint density at radius 1 is 1.04 bits per heavy atom. The first-order valence-corrected chi connectivity index (χ1v) is 8.78. The largest absolute Gasteiger partial charge is 0.491 e. The van der Waals surface area contributed by atoms with E-state index in [9.17, 15) is 4.79 Å². The number of carbonyl (C=O) groups is 1. The van der Waals surface area contributed by atoms with Gasteiger partial charge in [0.15, 0.2) is 11.5 Å². The second-order valence-corrected chi connectivity index (χ2v) is 6.47. The standard InChI is InChI=1S/C19H24N4O2/c1-14(2)25-16-8-6-15(7-9-16)20-19(24)17-10-11-18(22-21-17)23-12-4-3-5-13-23/h6-11,14H,3-5,12-13H2,1-2H3,(H,20,24). The average Bonchev–Trinajstić information content (AvgIpc) is 2.64. The van der Waals surface area contributed by atoms with Gasteiger partial charge in [-0.2, -0.15) is 0 Å². The first-order chi connectivity index (χ1) is 12.1. The lowest BCUT2D eigenvalue weighted by Crippen LogP contribution is -2.30. The van der Waals surface area contributed by atoms with Crippen molar-refractivity contribution in [2.75, 3.05) is 23.3 Å². The second kappa shape index (κ2) is 7.96. The van der Waals surface area contributed by atoms with Crippen LogP contribution in [-0.2, 0) is 0 Å². The van der Waals surface area contributed by atoms with Gasteiger partial charge in [-0.05, 0) is 69.5 Å². The number of rotatable bonds is 5. The summed E-state index contributed by atoms with van der Waals surface area (Å²) in [4.78, 5) is 14.5. The van der Waals surface area contributed by atoms with Crippen LogP contribution < -0.4 is 15.0 Å². The van der Waals surface area contributed by atoms with Gasteiger partial charge in [0.1, 0.15) is 5.75 Å². The fourth-order valence-electron chi connectivity index (χ4n) is 2.82. The molecule has 6 heteroatoms. The van der Waals surface area contributed by atoms with E-state index in [2.05, 4.69) is 20.4 Å². The van der Waals surface area contributed by atoms with E-state index in [4.69, 9.17) is 4.74 Å². The molecule has 3 rings (SSSR count). The Labute approximate surface area is 148 Å². The maximum Gasteiger partial charge on any atom is 0.276 e. The van der Waals surface area contributed by atoms with Crippen molar-refractivity contribution in [2.24, 2.45) is 0 Å². The Bertz CT molecular complexity index is 692. The van der Waals surface area contributed by atoms with Crippen LogP contribution in [0.3, 0.4) is 0 Å². The molecule has 0 unspecified atom stereocenters. The molecule has 1 aromatic carbocycles. The second-order valence-electron chi connectivity index (χ2n) is 6.47. The van der Waals surface area contributed by atoms with Crippen LogP contribution >= 0.6 is 0 Å². The predicted octanol–water partition coefficient (Wildman–Crippen LogP) is 3.51. The van der Waals surface area contributed by atoms with Gasteiger partial charge in [0, 0.05) is 18.8 Å². The van der Waals surface area contributed by atoms with E-state index < -0.39 is 0 Å². The molecule has 0 atom stereocenters. The number of hydrogen-bond donors (Lipinski definition) is 1. The number of anilines is 2. The molecule has 1 N–H and O–H groups in total. The summed E-state index contributed by atoms with van der Waals surface area (Å²) >= 11 is 0. The lowest BCUT2D eigenvalue weighted by Gasteiger charge is -2.27. The van der Waals surface area contributed by atoms with E-state index in [0.29, 0.717) is 11.4 Å². The molecule has 1 aliphatic heterocycles. The van der Waals surface area contributed by atoms with E-state index in [0.717, 1.165) is 24.7 Å². The van der Waals surface area contributed by atoms with Crippen LogP contribution in [0, 0.1) is 0 Å². The molecule has 1 fully saturated rings. The maximum atomic E-state index is 12.3. The Balaban J connectivity index is 1.60. The summed E-state index contributed by atoms with van der Waals surface area (Å²) < 4.78 is 5.59. The van der Waals surface area contributed by atoms with Gasteiger partial charge in [0.05, 0.1) is 6.10 Å². The highest BCUT2D eigenvalue weighted by Gasteiger charge is 2.14. The quantitative estimate of drug-likeness (QED) is 0.902. The van der Waals surface area contributed by atoms with Gasteiger partial charge in [0.2, 0.25) is 0 Å². The van der Waals surface area contributed by atoms with Crippen LogP contribution in [0.25, 0.3) is 0 Å². The first-order valence-electron chi connectivity index (χ1n) is 8.78. The molecule has 2 aromatic rings. The van der Waals surface area contributed by atoms with Crippen molar-refractivity contribution in [1.29, 1.82) is 0 Å². The third kappa shape index (κ3) is 4.68. The summed E-state index contributed by atoms with van der Waals surface area (Å²) in [6, 6.07) is 10.9. The van der Waals surface area contributed by atoms with E-state index in [1.54, 1.807) is 6.07 Å². The lowest BCUT2D eigenvalue weighted by molar-refractivity contribution is 0.102. The number of benzene rings is 1. The molecule has 1 aliphatic rings. The van der Waals surface area contributed by atoms with Crippen molar-refractivity contribution < 1.29 is 9.53 Å². The summed E-state index contributed by atoms with van der Waals surface area (Å²) in [5, 5.41) is 11.1. The molecule has 0 radical (unpaired) electrons. The zero-order chi connectivity index (χ0) is 17.6. The van der Waals surface area contributed by atoms with Crippen molar-refractivity contribution in [3.05, 3.63) is 42.1 Å². The van der Waals surface area contributed by atoms with Gasteiger partial charge in [-0.1, -0.05) is 0 Å². The van der Waals surface area contributed by atoms with Gasteiger partial charge in [-0.25, -0.2) is 0 Å². The van der Waals surface area contributed by atoms with Crippen molar-refractivity contribution in [3.63, 3.8) is 0 Å². The molecule has 0 bridgehead atoms. The van der Waals surface area contributed by atoms with Crippen LogP contribution in [0.5, 0.6) is 5.75 Å². The Kier molecular flexibility index (Phi) is 5.48. The van der Waals surface area contributed by atoms with Gasteiger partial charge < -0.3 is 15.0 Å². The molecule has 1 amide bonds. The van der Waals surface area contributed by atoms with Gasteiger partial charge in [-0.15, -0.1) is 10.2 Å². The molecule has 0 saturated carbocycles. The Morgan fingerprint density at radius 3 is 2.36 bits per heavy atom. The fourth-order valence-corrected chi connectivity index (χ4v) is 2.82. The molecular formula is C19H24N4O2. The maximum absolute atomic E-state index is 12.3. The summed E-state index contributed by atoms with van der Waals surface area (Å²) in [6.45, 7) is 5.96. The van der Waals surface area contributed by atoms with E-state index in [1.807, 2.05) is 44.2 Å². The third-order valence-corrected chi connectivity index (χ3v) is 4.05. The predicted molar refractivity (Wildman–Crippen MR) is 98.3 cm³/mol. The minimum absolute atomic E-state index is 0.120. The number of nitrogens with zero attached hydrogens (tertiary/aromatic N) is 3. The third-order valence-electron chi connectivity index (χ3n) is 4.05. The number of nitrogens with one attached hydrogen (secondary N) is 1. The average molecular weight is 340 g/mol. The number of piperidine rings is 1. The highest BCUT2D eigenvalue weighted by molar-refractivity contribution is 6.02. The molecule has 0 aliphatic carbocycles. The summed E-state index contributed by atoms with van der Waals surface area (Å²) in [5.74, 6) is 1.35. The number of amides is 1. The van der Waals surface area contributed by atoms with Crippen LogP contribution in [0.4, 0.5) is 11.5 Å².